The molecule has 562 valence electrons. The highest BCUT2D eigenvalue weighted by Crippen LogP contribution is 2.53. The van der Waals surface area contributed by atoms with Crippen LogP contribution in [0, 0.1) is 0 Å². The number of hydrogen-bond acceptors (Lipinski definition) is 22. The van der Waals surface area contributed by atoms with E-state index in [0.29, 0.717) is 35.4 Å². The second kappa shape index (κ2) is 30.8. The predicted molar refractivity (Wildman–Crippen MR) is 377 cm³/mol. The minimum absolute atomic E-state index is 0.00875. The van der Waals surface area contributed by atoms with E-state index in [2.05, 4.69) is 31.2 Å². The molecule has 6 aromatic rings. The molecule has 2 aliphatic rings. The molecule has 0 bridgehead atoms. The van der Waals surface area contributed by atoms with Crippen molar-refractivity contribution >= 4 is 139 Å². The lowest BCUT2D eigenvalue weighted by Crippen LogP contribution is -2.32. The fourth-order valence-corrected chi connectivity index (χ4v) is 15.7. The van der Waals surface area contributed by atoms with Gasteiger partial charge in [0, 0.05) is 90.8 Å². The van der Waals surface area contributed by atoms with E-state index in [0.717, 1.165) is 30.3 Å². The lowest BCUT2D eigenvalue weighted by molar-refractivity contribution is -0.437. The molecule has 0 fully saturated rings. The predicted octanol–water partition coefficient (Wildman–Crippen LogP) is 3.62. The fraction of sp³-hybridized carbons (Fsp3) is 0.355. The van der Waals surface area contributed by atoms with Gasteiger partial charge in [0.1, 0.15) is 39.1 Å². The number of pyridine rings is 2. The van der Waals surface area contributed by atoms with Crippen LogP contribution >= 0.6 is 0 Å². The highest BCUT2D eigenvalue weighted by Gasteiger charge is 2.48. The van der Waals surface area contributed by atoms with Crippen LogP contribution < -0.4 is 26.2 Å². The third kappa shape index (κ3) is 20.2. The Bertz CT molecular complexity index is 5370. The van der Waals surface area contributed by atoms with Crippen molar-refractivity contribution in [3.63, 3.8) is 0 Å². The van der Waals surface area contributed by atoms with E-state index < -0.39 is 199 Å². The summed E-state index contributed by atoms with van der Waals surface area (Å²) in [5, 5.41) is 18.5. The number of fused-ring (bicyclic) bond motifs is 6. The topological polar surface area (TPSA) is 566 Å². The molecular formula is C62H71N8O27S7+. The van der Waals surface area contributed by atoms with Crippen molar-refractivity contribution in [3.05, 3.63) is 131 Å². The standard InChI is InChI=1S/C62H70N8O27S7/c1-61(2)52(69(21-7-5-6-12-54(71)72)48-34-50(103(92,93)94)42-28-36(13-15-40(42)55(48)61)38-30-44(57(73)63-17-24-99(80,81)82)67-45(31-38)58(74)64-18-25-100(83,84)85)10-8-11-53-62(3,4)56-41-16-14-37(29-43(41)51(104(95,96)97)35-49(56)70(53)22-9-23-98(77,78)79)39-32-46(59(75)65-19-26-101(86,87)88)68-47(33-39)60(76)66-20-27-102(89,90)91/h8,10-11,13-16,28-35H,5-7,9,12,17-27H2,1-4H3,(H11-,63,64,65,66,71,72,73,74,75,76,77,78,79,80,81,82,83,84,85,86,87,88,89,90,91,92,93,94,95,96,97)/p+1. The molecule has 0 atom stereocenters. The molecule has 8 rings (SSSR count). The number of carboxylic acids is 1. The lowest BCUT2D eigenvalue weighted by Gasteiger charge is -2.27. The molecule has 12 N–H and O–H groups in total. The summed E-state index contributed by atoms with van der Waals surface area (Å²) >= 11 is 0. The van der Waals surface area contributed by atoms with Crippen LogP contribution in [0.15, 0.2) is 107 Å². The van der Waals surface area contributed by atoms with Crippen molar-refractivity contribution in [1.29, 1.82) is 0 Å². The SMILES string of the molecule is CC1(C)C(/C=C/C=C2/N(CCCCCC(=O)O)c3cc(S(=O)(=O)O)c4cc(-c5cc(C(=O)NCCS(=O)(=O)O)nc(C(=O)NCCS(=O)(=O)O)c5)ccc4c3C2(C)C)=[N+](CCCS(=O)(=O)O)c2cc(S(=O)(=O)O)c3cc(-c4cc(C(=O)NCCS(=O)(=O)O)nc(C(=O)NCCS(=O)(=O)O)c4)ccc3c21. The number of carbonyl (C=O) groups is 5. The summed E-state index contributed by atoms with van der Waals surface area (Å²) in [5.74, 6) is -9.85. The monoisotopic (exact) mass is 1580 g/mol. The molecule has 0 saturated heterocycles. The van der Waals surface area contributed by atoms with Crippen LogP contribution in [-0.2, 0) is 86.5 Å². The number of carboxylic acid groups (broad SMARTS) is 1. The minimum Gasteiger partial charge on any atom is -0.481 e. The van der Waals surface area contributed by atoms with Gasteiger partial charge in [0.15, 0.2) is 5.71 Å². The quantitative estimate of drug-likeness (QED) is 0.0163. The van der Waals surface area contributed by atoms with E-state index in [-0.39, 0.29) is 87.5 Å². The van der Waals surface area contributed by atoms with Crippen molar-refractivity contribution in [2.24, 2.45) is 0 Å². The first-order valence-electron chi connectivity index (χ1n) is 31.1. The Morgan fingerprint density at radius 3 is 1.24 bits per heavy atom. The number of unbranched alkanes of at least 4 members (excludes halogenated alkanes) is 2. The van der Waals surface area contributed by atoms with Gasteiger partial charge in [-0.1, -0.05) is 50.6 Å². The van der Waals surface area contributed by atoms with Crippen molar-refractivity contribution in [2.45, 2.75) is 80.4 Å². The normalized spacial score (nSPS) is 15.2. The molecule has 104 heavy (non-hydrogen) atoms. The number of allylic oxidation sites excluding steroid dienone is 4. The lowest BCUT2D eigenvalue weighted by atomic mass is 9.78. The summed E-state index contributed by atoms with van der Waals surface area (Å²) in [6.45, 7) is 4.38. The summed E-state index contributed by atoms with van der Waals surface area (Å²) in [4.78, 5) is 73.9. The summed E-state index contributed by atoms with van der Waals surface area (Å²) in [6.07, 6.45) is 5.32. The number of amides is 4. The molecule has 4 aromatic carbocycles. The van der Waals surface area contributed by atoms with Crippen molar-refractivity contribution in [2.75, 3.05) is 72.9 Å². The summed E-state index contributed by atoms with van der Waals surface area (Å²) in [5.41, 5.74) is -2.37. The van der Waals surface area contributed by atoms with Crippen LogP contribution in [0.4, 0.5) is 11.4 Å². The van der Waals surface area contributed by atoms with E-state index in [1.165, 1.54) is 42.5 Å². The van der Waals surface area contributed by atoms with E-state index in [1.54, 1.807) is 55.4 Å². The highest BCUT2D eigenvalue weighted by atomic mass is 32.2. The molecule has 35 nitrogen and oxygen atoms in total. The van der Waals surface area contributed by atoms with Gasteiger partial charge in [0.2, 0.25) is 5.69 Å². The maximum absolute atomic E-state index is 13.7. The molecule has 0 unspecified atom stereocenters. The van der Waals surface area contributed by atoms with Gasteiger partial charge in [-0.15, -0.1) is 0 Å². The smallest absolute Gasteiger partial charge is 0.303 e. The molecule has 4 heterocycles. The first kappa shape index (κ1) is 81.0. The van der Waals surface area contributed by atoms with Gasteiger partial charge in [0.25, 0.3) is 94.5 Å². The van der Waals surface area contributed by atoms with Gasteiger partial charge in [-0.3, -0.25) is 55.8 Å². The largest absolute Gasteiger partial charge is 0.481 e. The first-order chi connectivity index (χ1) is 47.9. The van der Waals surface area contributed by atoms with Gasteiger partial charge < -0.3 is 31.3 Å². The second-order valence-electron chi connectivity index (χ2n) is 25.1. The molecule has 42 heteroatoms. The number of hydrogen-bond donors (Lipinski definition) is 12. The average Bonchev–Trinajstić information content (AvgIpc) is 1.54. The van der Waals surface area contributed by atoms with Crippen molar-refractivity contribution < 1.29 is 124 Å². The van der Waals surface area contributed by atoms with E-state index in [4.69, 9.17) is 0 Å². The van der Waals surface area contributed by atoms with Crippen LogP contribution in [0.2, 0.25) is 0 Å². The van der Waals surface area contributed by atoms with Crippen molar-refractivity contribution in [1.82, 2.24) is 31.2 Å². The minimum atomic E-state index is -5.26. The molecule has 0 radical (unpaired) electrons. The average molecular weight is 1580 g/mol. The zero-order valence-corrected chi connectivity index (χ0v) is 61.2. The molecule has 4 amide bonds. The van der Waals surface area contributed by atoms with Gasteiger partial charge in [-0.2, -0.15) is 63.5 Å². The Kier molecular flexibility index (Phi) is 24.0. The van der Waals surface area contributed by atoms with Gasteiger partial charge in [-0.25, -0.2) is 9.97 Å². The second-order valence-corrected chi connectivity index (χ2v) is 35.8. The van der Waals surface area contributed by atoms with Gasteiger partial charge in [0.05, 0.1) is 34.2 Å². The van der Waals surface area contributed by atoms with Crippen LogP contribution in [0.3, 0.4) is 0 Å². The van der Waals surface area contributed by atoms with Gasteiger partial charge >= 0.3 is 5.97 Å². The highest BCUT2D eigenvalue weighted by molar-refractivity contribution is 7.87. The molecule has 0 saturated carbocycles. The van der Waals surface area contributed by atoms with Crippen LogP contribution in [0.25, 0.3) is 43.8 Å². The number of carbonyl (C=O) groups excluding carboxylic acids is 4. The Morgan fingerprint density at radius 2 is 0.856 bits per heavy atom. The van der Waals surface area contributed by atoms with E-state index in [1.807, 2.05) is 0 Å². The van der Waals surface area contributed by atoms with Crippen LogP contribution in [-0.4, -0.2) is 214 Å². The van der Waals surface area contributed by atoms with Crippen LogP contribution in [0.1, 0.15) is 113 Å². The number of benzene rings is 4. The maximum atomic E-state index is 13.7. The third-order valence-electron chi connectivity index (χ3n) is 16.8. The van der Waals surface area contributed by atoms with E-state index in [9.17, 15) is 120 Å². The number of nitrogens with zero attached hydrogens (tertiary/aromatic N) is 4. The Labute approximate surface area is 597 Å². The third-order valence-corrected chi connectivity index (χ3v) is 22.3. The molecule has 2 aromatic heterocycles. The zero-order chi connectivity index (χ0) is 77.3. The molecule has 0 aliphatic carbocycles. The Balaban J connectivity index is 1.28. The molecule has 2 aliphatic heterocycles. The summed E-state index contributed by atoms with van der Waals surface area (Å²) in [7, 11) is -33.4. The summed E-state index contributed by atoms with van der Waals surface area (Å²) in [6, 6.07) is 15.4. The number of anilines is 1. The van der Waals surface area contributed by atoms with Gasteiger partial charge in [-0.05, 0) is 114 Å². The Morgan fingerprint density at radius 1 is 0.462 bits per heavy atom. The number of rotatable bonds is 32. The molecular weight excluding hydrogens is 1510 g/mol. The Hall–Kier alpha value is -8.63. The molecule has 0 spiro atoms. The van der Waals surface area contributed by atoms with Crippen LogP contribution in [0.5, 0.6) is 0 Å². The number of aliphatic carboxylic acids is 1. The zero-order valence-electron chi connectivity index (χ0n) is 55.5. The first-order valence-corrected chi connectivity index (χ1v) is 42.0. The summed E-state index contributed by atoms with van der Waals surface area (Å²) < 4.78 is 242. The number of aromatic nitrogens is 2. The fourth-order valence-electron chi connectivity index (χ4n) is 12.3. The van der Waals surface area contributed by atoms with Crippen molar-refractivity contribution in [3.8, 4) is 22.3 Å². The maximum Gasteiger partial charge on any atom is 0.303 e. The number of nitrogens with one attached hydrogen (secondary N) is 4. The van der Waals surface area contributed by atoms with E-state index >= 15 is 0 Å².